The van der Waals surface area contributed by atoms with Crippen molar-refractivity contribution in [3.05, 3.63) is 12.2 Å². The van der Waals surface area contributed by atoms with Gasteiger partial charge in [0.25, 0.3) is 0 Å². The average Bonchev–Trinajstić information content (AvgIpc) is 2.73. The maximum Gasteiger partial charge on any atom is 0.136 e. The van der Waals surface area contributed by atoms with Crippen LogP contribution in [0.25, 0.3) is 0 Å². The number of hydrogen-bond acceptors (Lipinski definition) is 2. The fourth-order valence-corrected chi connectivity index (χ4v) is 9.88. The molecule has 0 bridgehead atoms. The fraction of sp³-hybridized carbons (Fsp3) is 0.903. The highest BCUT2D eigenvalue weighted by Gasteiger charge is 2.67. The van der Waals surface area contributed by atoms with Gasteiger partial charge in [-0.1, -0.05) is 53.7 Å². The predicted molar refractivity (Wildman–Crippen MR) is 138 cm³/mol. The lowest BCUT2D eigenvalue weighted by Crippen LogP contribution is -2.64. The molecule has 0 amide bonds. The first-order valence-electron chi connectivity index (χ1n) is 13.9. The van der Waals surface area contributed by atoms with E-state index in [0.717, 1.165) is 25.2 Å². The highest BCUT2D eigenvalue weighted by atomic mass is 16.5. The van der Waals surface area contributed by atoms with Gasteiger partial charge in [0.1, 0.15) is 5.78 Å². The summed E-state index contributed by atoms with van der Waals surface area (Å²) in [6.45, 7) is 19.5. The van der Waals surface area contributed by atoms with Crippen LogP contribution in [0, 0.1) is 44.8 Å². The van der Waals surface area contributed by atoms with Gasteiger partial charge in [-0.3, -0.25) is 4.79 Å². The number of ketones is 1. The Bertz CT molecular complexity index is 812. The number of methoxy groups -OCH3 is 1. The second-order valence-electron chi connectivity index (χ2n) is 14.8. The predicted octanol–water partition coefficient (Wildman–Crippen LogP) is 8.39. The first-order valence-corrected chi connectivity index (χ1v) is 13.9. The molecule has 0 aromatic heterocycles. The number of Topliss-reactive ketones (excluding diaryl/α,β-unsaturated/α-hetero) is 1. The van der Waals surface area contributed by atoms with Gasteiger partial charge in [0.2, 0.25) is 0 Å². The van der Waals surface area contributed by atoms with Gasteiger partial charge in [-0.2, -0.15) is 0 Å². The molecule has 33 heavy (non-hydrogen) atoms. The van der Waals surface area contributed by atoms with Crippen LogP contribution in [0.4, 0.5) is 0 Å². The van der Waals surface area contributed by atoms with E-state index in [1.165, 1.54) is 44.9 Å². The van der Waals surface area contributed by atoms with E-state index < -0.39 is 0 Å². The molecule has 4 fully saturated rings. The molecule has 0 radical (unpaired) electrons. The van der Waals surface area contributed by atoms with Gasteiger partial charge in [0.05, 0.1) is 5.60 Å². The van der Waals surface area contributed by atoms with E-state index in [1.807, 2.05) is 0 Å². The van der Waals surface area contributed by atoms with E-state index in [4.69, 9.17) is 4.74 Å². The van der Waals surface area contributed by atoms with Crippen molar-refractivity contribution in [3.63, 3.8) is 0 Å². The Hall–Kier alpha value is -0.630. The van der Waals surface area contributed by atoms with Gasteiger partial charge in [-0.05, 0) is 111 Å². The number of fused-ring (bicyclic) bond motifs is 5. The highest BCUT2D eigenvalue weighted by molar-refractivity contribution is 5.82. The normalized spacial score (nSPS) is 50.6. The zero-order valence-electron chi connectivity index (χ0n) is 23.3. The van der Waals surface area contributed by atoms with Crippen LogP contribution in [-0.2, 0) is 9.53 Å². The second-order valence-corrected chi connectivity index (χ2v) is 14.8. The lowest BCUT2D eigenvalue weighted by molar-refractivity contribution is -0.225. The molecule has 2 heteroatoms. The molecule has 4 saturated carbocycles. The molecule has 2 nitrogen and oxygen atoms in total. The molecule has 8 atom stereocenters. The van der Waals surface area contributed by atoms with Crippen molar-refractivity contribution >= 4 is 5.78 Å². The van der Waals surface area contributed by atoms with Crippen LogP contribution in [0.5, 0.6) is 0 Å². The standard InChI is InChI=1S/C31H52O2/c1-22-23(32)11-12-24-29(22,6)16-13-25-30(24,7)19-18-28(5)21-27(4,17-20-31(25,28)8)15-10-14-26(2,3)33-9/h10,14,22,24-25H,11-13,15-21H2,1-9H3/b14-10+/t22-,24?,25?,27+,28-,29+,30-,31+/m0/s1. The number of ether oxygens (including phenoxy) is 1. The van der Waals surface area contributed by atoms with E-state index >= 15 is 0 Å². The summed E-state index contributed by atoms with van der Waals surface area (Å²) < 4.78 is 5.61. The molecule has 0 saturated heterocycles. The third-order valence-corrected chi connectivity index (χ3v) is 12.6. The van der Waals surface area contributed by atoms with Crippen LogP contribution in [0.3, 0.4) is 0 Å². The van der Waals surface area contributed by atoms with E-state index in [9.17, 15) is 4.79 Å². The van der Waals surface area contributed by atoms with Crippen molar-refractivity contribution in [1.29, 1.82) is 0 Å². The summed E-state index contributed by atoms with van der Waals surface area (Å²) in [6.07, 6.45) is 17.1. The van der Waals surface area contributed by atoms with E-state index in [0.29, 0.717) is 33.4 Å². The van der Waals surface area contributed by atoms with Crippen LogP contribution < -0.4 is 0 Å². The molecular formula is C31H52O2. The second kappa shape index (κ2) is 7.94. The first-order chi connectivity index (χ1) is 15.1. The van der Waals surface area contributed by atoms with Crippen LogP contribution in [0.2, 0.25) is 0 Å². The largest absolute Gasteiger partial charge is 0.375 e. The molecule has 188 valence electrons. The summed E-state index contributed by atoms with van der Waals surface area (Å²) in [7, 11) is 1.80. The third kappa shape index (κ3) is 3.80. The van der Waals surface area contributed by atoms with Crippen molar-refractivity contribution < 1.29 is 9.53 Å². The molecular weight excluding hydrogens is 404 g/mol. The lowest BCUT2D eigenvalue weighted by Gasteiger charge is -2.72. The lowest BCUT2D eigenvalue weighted by atomic mass is 9.33. The van der Waals surface area contributed by atoms with Crippen molar-refractivity contribution in [2.24, 2.45) is 44.8 Å². The van der Waals surface area contributed by atoms with Crippen LogP contribution in [0.1, 0.15) is 120 Å². The summed E-state index contributed by atoms with van der Waals surface area (Å²) in [4.78, 5) is 12.7. The molecule has 2 unspecified atom stereocenters. The SMILES string of the molecule is COC(C)(C)/C=C/C[C@]1(C)CC[C@]2(C)C3CC[C@@]4(C)C(CCC(=O)[C@@H]4C)[C@]3(C)CC[C@@]2(C)C1. The van der Waals surface area contributed by atoms with Crippen LogP contribution in [-0.4, -0.2) is 18.5 Å². The van der Waals surface area contributed by atoms with Crippen molar-refractivity contribution in [1.82, 2.24) is 0 Å². The van der Waals surface area contributed by atoms with Crippen LogP contribution in [0.15, 0.2) is 12.2 Å². The first kappa shape index (κ1) is 25.5. The van der Waals surface area contributed by atoms with E-state index in [2.05, 4.69) is 67.5 Å². The molecule has 4 rings (SSSR count). The summed E-state index contributed by atoms with van der Waals surface area (Å²) in [6, 6.07) is 0. The van der Waals surface area contributed by atoms with Gasteiger partial charge < -0.3 is 4.74 Å². The molecule has 0 spiro atoms. The summed E-state index contributed by atoms with van der Waals surface area (Å²) in [5.74, 6) is 2.29. The molecule has 0 aromatic rings. The maximum absolute atomic E-state index is 12.7. The Balaban J connectivity index is 1.58. The minimum absolute atomic E-state index is 0.177. The third-order valence-electron chi connectivity index (χ3n) is 12.6. The number of allylic oxidation sites excluding steroid dienone is 1. The van der Waals surface area contributed by atoms with Crippen molar-refractivity contribution in [2.75, 3.05) is 7.11 Å². The Morgan fingerprint density at radius 1 is 0.939 bits per heavy atom. The van der Waals surface area contributed by atoms with E-state index in [-0.39, 0.29) is 16.9 Å². The highest BCUT2D eigenvalue weighted by Crippen LogP contribution is 2.75. The molecule has 4 aliphatic rings. The number of carbonyl (C=O) groups excluding carboxylic acids is 1. The van der Waals surface area contributed by atoms with Crippen LogP contribution >= 0.6 is 0 Å². The summed E-state index contributed by atoms with van der Waals surface area (Å²) >= 11 is 0. The quantitative estimate of drug-likeness (QED) is 0.397. The van der Waals surface area contributed by atoms with Gasteiger partial charge in [-0.15, -0.1) is 0 Å². The maximum atomic E-state index is 12.7. The molecule has 0 aromatic carbocycles. The number of carbonyl (C=O) groups is 1. The molecule has 4 aliphatic carbocycles. The van der Waals surface area contributed by atoms with Gasteiger partial charge in [0.15, 0.2) is 0 Å². The summed E-state index contributed by atoms with van der Waals surface area (Å²) in [5.41, 5.74) is 1.65. The average molecular weight is 457 g/mol. The molecule has 0 heterocycles. The van der Waals surface area contributed by atoms with E-state index in [1.54, 1.807) is 7.11 Å². The van der Waals surface area contributed by atoms with Gasteiger partial charge >= 0.3 is 0 Å². The molecule has 0 aliphatic heterocycles. The molecule has 0 N–H and O–H groups in total. The van der Waals surface area contributed by atoms with Gasteiger partial charge in [0, 0.05) is 19.4 Å². The smallest absolute Gasteiger partial charge is 0.136 e. The monoisotopic (exact) mass is 456 g/mol. The topological polar surface area (TPSA) is 26.3 Å². The minimum Gasteiger partial charge on any atom is -0.375 e. The zero-order chi connectivity index (χ0) is 24.5. The Labute approximate surface area is 204 Å². The van der Waals surface area contributed by atoms with Crippen molar-refractivity contribution in [2.45, 2.75) is 125 Å². The Morgan fingerprint density at radius 2 is 1.64 bits per heavy atom. The van der Waals surface area contributed by atoms with Crippen molar-refractivity contribution in [3.8, 4) is 0 Å². The minimum atomic E-state index is -0.177. The Morgan fingerprint density at radius 3 is 2.30 bits per heavy atom. The van der Waals surface area contributed by atoms with Gasteiger partial charge in [-0.25, -0.2) is 0 Å². The fourth-order valence-electron chi connectivity index (χ4n) is 9.88. The zero-order valence-corrected chi connectivity index (χ0v) is 23.3. The summed E-state index contributed by atoms with van der Waals surface area (Å²) in [5, 5.41) is 0. The Kier molecular flexibility index (Phi) is 6.13. The number of rotatable bonds is 4. The number of hydrogen-bond donors (Lipinski definition) is 0.